The van der Waals surface area contributed by atoms with Crippen LogP contribution < -0.4 is 10.3 Å². The summed E-state index contributed by atoms with van der Waals surface area (Å²) in [6.07, 6.45) is 0. The van der Waals surface area contributed by atoms with Crippen molar-refractivity contribution < 1.29 is 0 Å². The van der Waals surface area contributed by atoms with Crippen molar-refractivity contribution in [3.05, 3.63) is 114 Å². The van der Waals surface area contributed by atoms with Crippen molar-refractivity contribution in [2.45, 2.75) is 6.92 Å². The van der Waals surface area contributed by atoms with Gasteiger partial charge >= 0.3 is 0 Å². The molecule has 4 aromatic rings. The maximum atomic E-state index is 4.90. The zero-order valence-corrected chi connectivity index (χ0v) is 16.2. The van der Waals surface area contributed by atoms with Crippen molar-refractivity contribution >= 4 is 22.9 Å². The number of benzene rings is 4. The summed E-state index contributed by atoms with van der Waals surface area (Å²) in [4.78, 5) is 0. The van der Waals surface area contributed by atoms with E-state index >= 15 is 0 Å². The number of fused-ring (bicyclic) bond motifs is 1. The van der Waals surface area contributed by atoms with Crippen molar-refractivity contribution in [2.75, 3.05) is 5.01 Å². The van der Waals surface area contributed by atoms with E-state index in [-0.39, 0.29) is 0 Å². The Morgan fingerprint density at radius 3 is 2.00 bits per heavy atom. The number of anilines is 2. The third-order valence-electron chi connectivity index (χ3n) is 5.04. The molecule has 0 aromatic heterocycles. The molecular weight excluding hydrogens is 354 g/mol. The largest absolute Gasteiger partial charge is 0.229 e. The minimum Gasteiger partial charge on any atom is -0.229 e. The Kier molecular flexibility index (Phi) is 4.34. The van der Waals surface area contributed by atoms with Gasteiger partial charge in [0.05, 0.1) is 17.1 Å². The van der Waals surface area contributed by atoms with Gasteiger partial charge in [0.1, 0.15) is 0 Å². The first-order valence-electron chi connectivity index (χ1n) is 9.70. The lowest BCUT2D eigenvalue weighted by atomic mass is 10.0. The molecule has 0 atom stereocenters. The Morgan fingerprint density at radius 2 is 1.28 bits per heavy atom. The highest BCUT2D eigenvalue weighted by Gasteiger charge is 2.23. The van der Waals surface area contributed by atoms with Crippen LogP contribution in [0.25, 0.3) is 11.1 Å². The summed E-state index contributed by atoms with van der Waals surface area (Å²) in [5, 5.41) is 11.7. The predicted octanol–water partition coefficient (Wildman–Crippen LogP) is 6.41. The zero-order chi connectivity index (χ0) is 19.6. The average molecular weight is 374 g/mol. The smallest absolute Gasteiger partial charge is 0.180 e. The standard InChI is InChI=1S/C26H20N3/c1-19-12-14-20(15-13-19)22-16-17-24-25(18-22)29(23-10-6-3-7-11-23)28-26(27-24)21-8-4-2-5-9-21/h2-18H,1H3. The molecule has 3 heteroatoms. The van der Waals surface area contributed by atoms with E-state index in [1.165, 1.54) is 11.1 Å². The molecule has 1 aliphatic rings. The Hall–Kier alpha value is -3.85. The van der Waals surface area contributed by atoms with Gasteiger partial charge in [-0.05, 0) is 42.3 Å². The normalized spacial score (nSPS) is 12.7. The van der Waals surface area contributed by atoms with Crippen LogP contribution in [0.3, 0.4) is 0 Å². The van der Waals surface area contributed by atoms with Gasteiger partial charge in [0.2, 0.25) is 0 Å². The molecular formula is C26H20N3. The van der Waals surface area contributed by atoms with Gasteiger partial charge in [-0.3, -0.25) is 0 Å². The molecule has 0 spiro atoms. The molecule has 0 aliphatic carbocycles. The van der Waals surface area contributed by atoms with Crippen molar-refractivity contribution in [1.29, 1.82) is 0 Å². The Labute approximate surface area is 171 Å². The van der Waals surface area contributed by atoms with Crippen LogP contribution in [0.5, 0.6) is 0 Å². The van der Waals surface area contributed by atoms with Crippen LogP contribution >= 0.6 is 0 Å². The molecule has 4 aromatic carbocycles. The van der Waals surface area contributed by atoms with Crippen molar-refractivity contribution in [3.63, 3.8) is 0 Å². The highest BCUT2D eigenvalue weighted by molar-refractivity contribution is 6.05. The summed E-state index contributed by atoms with van der Waals surface area (Å²) in [6.45, 7) is 2.10. The van der Waals surface area contributed by atoms with Gasteiger partial charge in [0.25, 0.3) is 0 Å². The molecule has 1 radical (unpaired) electrons. The summed E-state index contributed by atoms with van der Waals surface area (Å²) >= 11 is 0. The van der Waals surface area contributed by atoms with E-state index in [4.69, 9.17) is 10.4 Å². The van der Waals surface area contributed by atoms with Gasteiger partial charge in [0, 0.05) is 5.56 Å². The van der Waals surface area contributed by atoms with Gasteiger partial charge in [-0.2, -0.15) is 0 Å². The first-order chi connectivity index (χ1) is 14.3. The lowest BCUT2D eigenvalue weighted by Crippen LogP contribution is -2.25. The lowest BCUT2D eigenvalue weighted by Gasteiger charge is -2.28. The maximum absolute atomic E-state index is 4.90. The number of rotatable bonds is 3. The number of amidine groups is 1. The van der Waals surface area contributed by atoms with Crippen molar-refractivity contribution in [1.82, 2.24) is 5.32 Å². The summed E-state index contributed by atoms with van der Waals surface area (Å²) in [7, 11) is 0. The fourth-order valence-electron chi connectivity index (χ4n) is 3.47. The first-order valence-corrected chi connectivity index (χ1v) is 9.70. The van der Waals surface area contributed by atoms with E-state index in [2.05, 4.69) is 61.5 Å². The summed E-state index contributed by atoms with van der Waals surface area (Å²) in [5.74, 6) is 0.713. The van der Waals surface area contributed by atoms with Gasteiger partial charge in [0.15, 0.2) is 5.84 Å². The van der Waals surface area contributed by atoms with E-state index < -0.39 is 0 Å². The monoisotopic (exact) mass is 374 g/mol. The van der Waals surface area contributed by atoms with Crippen LogP contribution in [-0.4, -0.2) is 5.84 Å². The molecule has 0 fully saturated rings. The molecule has 29 heavy (non-hydrogen) atoms. The molecule has 1 aliphatic heterocycles. The summed E-state index contributed by atoms with van der Waals surface area (Å²) < 4.78 is 0. The number of hydrogen-bond acceptors (Lipinski definition) is 2. The molecule has 139 valence electrons. The number of para-hydroxylation sites is 1. The number of hydrazone groups is 1. The second-order valence-electron chi connectivity index (χ2n) is 7.12. The highest BCUT2D eigenvalue weighted by Crippen LogP contribution is 2.39. The second-order valence-corrected chi connectivity index (χ2v) is 7.12. The molecule has 0 unspecified atom stereocenters. The zero-order valence-electron chi connectivity index (χ0n) is 16.2. The quantitative estimate of drug-likeness (QED) is 0.407. The molecule has 0 saturated carbocycles. The van der Waals surface area contributed by atoms with E-state index in [9.17, 15) is 0 Å². The maximum Gasteiger partial charge on any atom is 0.180 e. The van der Waals surface area contributed by atoms with Gasteiger partial charge in [-0.1, -0.05) is 84.4 Å². The van der Waals surface area contributed by atoms with E-state index in [1.807, 2.05) is 53.5 Å². The average Bonchev–Trinajstić information content (AvgIpc) is 2.80. The van der Waals surface area contributed by atoms with Crippen LogP contribution in [0.15, 0.2) is 108 Å². The SMILES string of the molecule is Cc1ccc(-c2ccc3c(c2)N(c2ccccc2)N=C(c2ccccc2)[N]3)cc1. The lowest BCUT2D eigenvalue weighted by molar-refractivity contribution is 1.01. The minimum absolute atomic E-state index is 0.713. The third-order valence-corrected chi connectivity index (χ3v) is 5.04. The van der Waals surface area contributed by atoms with Crippen molar-refractivity contribution in [2.24, 2.45) is 5.10 Å². The number of aryl methyl sites for hydroxylation is 1. The molecule has 5 rings (SSSR count). The van der Waals surface area contributed by atoms with E-state index in [0.29, 0.717) is 5.84 Å². The van der Waals surface area contributed by atoms with Gasteiger partial charge in [-0.25, -0.2) is 10.3 Å². The van der Waals surface area contributed by atoms with Crippen LogP contribution in [0.4, 0.5) is 17.1 Å². The predicted molar refractivity (Wildman–Crippen MR) is 120 cm³/mol. The molecule has 0 amide bonds. The van der Waals surface area contributed by atoms with E-state index in [1.54, 1.807) is 0 Å². The van der Waals surface area contributed by atoms with Crippen LogP contribution in [0.1, 0.15) is 11.1 Å². The topological polar surface area (TPSA) is 29.7 Å². The molecule has 0 N–H and O–H groups in total. The minimum atomic E-state index is 0.713. The van der Waals surface area contributed by atoms with Gasteiger partial charge in [-0.15, -0.1) is 5.10 Å². The number of nitrogens with zero attached hydrogens (tertiary/aromatic N) is 3. The fraction of sp³-hybridized carbons (Fsp3) is 0.0385. The molecule has 3 nitrogen and oxygen atoms in total. The van der Waals surface area contributed by atoms with E-state index in [0.717, 1.165) is 28.2 Å². The van der Waals surface area contributed by atoms with Crippen molar-refractivity contribution in [3.8, 4) is 11.1 Å². The van der Waals surface area contributed by atoms with Crippen LogP contribution in [0.2, 0.25) is 0 Å². The molecule has 0 saturated heterocycles. The van der Waals surface area contributed by atoms with Crippen LogP contribution in [0, 0.1) is 6.92 Å². The second kappa shape index (κ2) is 7.28. The molecule has 1 heterocycles. The van der Waals surface area contributed by atoms with Gasteiger partial charge < -0.3 is 0 Å². The Balaban J connectivity index is 1.63. The first kappa shape index (κ1) is 17.3. The summed E-state index contributed by atoms with van der Waals surface area (Å²) in [5.41, 5.74) is 7.50. The highest BCUT2D eigenvalue weighted by atomic mass is 15.5. The Bertz CT molecular complexity index is 1160. The Morgan fingerprint density at radius 1 is 0.621 bits per heavy atom. The third kappa shape index (κ3) is 3.39. The van der Waals surface area contributed by atoms with Crippen LogP contribution in [-0.2, 0) is 0 Å². The fourth-order valence-corrected chi connectivity index (χ4v) is 3.47. The molecule has 0 bridgehead atoms. The summed E-state index contributed by atoms with van der Waals surface area (Å²) in [6, 6.07) is 35.3. The number of hydrogen-bond donors (Lipinski definition) is 0.